The number of carbonyl (C=O) groups excluding carboxylic acids is 2. The quantitative estimate of drug-likeness (QED) is 0.518. The number of nitrogens with zero attached hydrogens (tertiary/aromatic N) is 3. The van der Waals surface area contributed by atoms with Crippen LogP contribution in [0.15, 0.2) is 54.6 Å². The van der Waals surface area contributed by atoms with Gasteiger partial charge in [0.2, 0.25) is 0 Å². The highest BCUT2D eigenvalue weighted by molar-refractivity contribution is 5.92. The summed E-state index contributed by atoms with van der Waals surface area (Å²) in [5.74, 6) is 0.329. The average molecular weight is 467 g/mol. The molecule has 0 saturated carbocycles. The summed E-state index contributed by atoms with van der Waals surface area (Å²) in [5.41, 5.74) is 8.24. The molecule has 0 aliphatic rings. The van der Waals surface area contributed by atoms with E-state index in [-0.39, 0.29) is 17.0 Å². The number of rotatable bonds is 7. The molecule has 1 aromatic heterocycles. The van der Waals surface area contributed by atoms with E-state index in [0.717, 1.165) is 21.9 Å². The molecule has 0 bridgehead atoms. The molecule has 1 heterocycles. The Morgan fingerprint density at radius 1 is 1.03 bits per heavy atom. The lowest BCUT2D eigenvalue weighted by molar-refractivity contribution is -0.0760. The molecule has 1 atom stereocenters. The maximum absolute atomic E-state index is 12.7. The van der Waals surface area contributed by atoms with Crippen LogP contribution in [0, 0.1) is 5.41 Å². The molecule has 0 radical (unpaired) electrons. The first-order valence-corrected chi connectivity index (χ1v) is 10.7. The van der Waals surface area contributed by atoms with Crippen LogP contribution >= 0.6 is 0 Å². The monoisotopic (exact) mass is 466 g/mol. The Labute approximate surface area is 199 Å². The highest BCUT2D eigenvalue weighted by atomic mass is 16.7. The lowest BCUT2D eigenvalue weighted by Gasteiger charge is -2.30. The Balaban J connectivity index is 2.07. The molecule has 0 saturated heterocycles. The number of methoxy groups -OCH3 is 1. The fourth-order valence-electron chi connectivity index (χ4n) is 3.55. The van der Waals surface area contributed by atoms with Gasteiger partial charge in [0.05, 0.1) is 25.6 Å². The van der Waals surface area contributed by atoms with Gasteiger partial charge in [-0.05, 0) is 35.9 Å². The van der Waals surface area contributed by atoms with E-state index < -0.39 is 12.2 Å². The van der Waals surface area contributed by atoms with Crippen LogP contribution < -0.4 is 10.5 Å². The molecule has 9 nitrogen and oxygen atoms in total. The number of benzene rings is 2. The number of ether oxygens (including phenoxy) is 2. The average Bonchev–Trinajstić information content (AvgIpc) is 3.26. The summed E-state index contributed by atoms with van der Waals surface area (Å²) < 4.78 is 12.3. The second-order valence-electron chi connectivity index (χ2n) is 8.81. The third-order valence-corrected chi connectivity index (χ3v) is 5.34. The molecule has 1 unspecified atom stereocenters. The minimum atomic E-state index is -0.827. The minimum Gasteiger partial charge on any atom is -0.497 e. The van der Waals surface area contributed by atoms with Crippen LogP contribution in [0.5, 0.6) is 5.75 Å². The van der Waals surface area contributed by atoms with Crippen LogP contribution in [-0.4, -0.2) is 48.1 Å². The summed E-state index contributed by atoms with van der Waals surface area (Å²) >= 11 is 0. The topological polar surface area (TPSA) is 109 Å². The Hall–Kier alpha value is -3.85. The number of amides is 2. The van der Waals surface area contributed by atoms with E-state index in [4.69, 9.17) is 20.0 Å². The van der Waals surface area contributed by atoms with E-state index in [1.807, 2.05) is 69.3 Å². The fourth-order valence-corrected chi connectivity index (χ4v) is 3.55. The summed E-state index contributed by atoms with van der Waals surface area (Å²) in [6.07, 6.45) is -1.34. The van der Waals surface area contributed by atoms with Gasteiger partial charge < -0.3 is 15.2 Å². The lowest BCUT2D eigenvalue weighted by Crippen LogP contribution is -2.26. The van der Waals surface area contributed by atoms with Gasteiger partial charge in [0.1, 0.15) is 11.9 Å². The van der Waals surface area contributed by atoms with Crippen molar-refractivity contribution in [2.24, 2.45) is 11.1 Å². The van der Waals surface area contributed by atoms with Crippen LogP contribution in [0.3, 0.4) is 0 Å². The van der Waals surface area contributed by atoms with Gasteiger partial charge in [0.25, 0.3) is 5.91 Å². The number of aromatic nitrogens is 2. The predicted octanol–water partition coefficient (Wildman–Crippen LogP) is 4.36. The molecule has 34 heavy (non-hydrogen) atoms. The standard InChI is InChI=1S/C25H30N4O5/c1-25(2,3)22(34-24(26)31)17-9-7-16(8-10-17)21-15-20(23(30)28(4)33-6)27-29(21)18-11-13-19(32-5)14-12-18/h7-15,22H,1-6H3,(H2,26,31). The highest BCUT2D eigenvalue weighted by Gasteiger charge is 2.29. The number of carbonyl (C=O) groups is 2. The van der Waals surface area contributed by atoms with Gasteiger partial charge in [-0.1, -0.05) is 45.0 Å². The Morgan fingerprint density at radius 2 is 1.65 bits per heavy atom. The SMILES string of the molecule is COc1ccc(-n2nc(C(=O)N(C)OC)cc2-c2ccc(C(OC(N)=O)C(C)(C)C)cc2)cc1. The highest BCUT2D eigenvalue weighted by Crippen LogP contribution is 2.37. The molecule has 0 spiro atoms. The van der Waals surface area contributed by atoms with Crippen molar-refractivity contribution in [1.82, 2.24) is 14.8 Å². The summed E-state index contributed by atoms with van der Waals surface area (Å²) in [4.78, 5) is 29.2. The van der Waals surface area contributed by atoms with Crippen LogP contribution in [0.25, 0.3) is 16.9 Å². The molecule has 2 N–H and O–H groups in total. The van der Waals surface area contributed by atoms with Crippen molar-refractivity contribution in [2.45, 2.75) is 26.9 Å². The number of nitrogens with two attached hydrogens (primary N) is 1. The zero-order valence-corrected chi connectivity index (χ0v) is 20.2. The zero-order valence-electron chi connectivity index (χ0n) is 20.2. The first kappa shape index (κ1) is 24.8. The smallest absolute Gasteiger partial charge is 0.405 e. The fraction of sp³-hybridized carbons (Fsp3) is 0.320. The summed E-state index contributed by atoms with van der Waals surface area (Å²) in [7, 11) is 4.53. The number of primary amides is 1. The van der Waals surface area contributed by atoms with Crippen molar-refractivity contribution in [3.05, 3.63) is 65.9 Å². The van der Waals surface area contributed by atoms with E-state index in [2.05, 4.69) is 5.10 Å². The minimum absolute atomic E-state index is 0.226. The summed E-state index contributed by atoms with van der Waals surface area (Å²) in [5, 5.41) is 5.65. The van der Waals surface area contributed by atoms with Gasteiger partial charge in [-0.3, -0.25) is 9.63 Å². The van der Waals surface area contributed by atoms with E-state index in [0.29, 0.717) is 11.4 Å². The first-order valence-electron chi connectivity index (χ1n) is 10.7. The van der Waals surface area contributed by atoms with E-state index in [1.54, 1.807) is 17.9 Å². The van der Waals surface area contributed by atoms with Gasteiger partial charge in [-0.2, -0.15) is 5.10 Å². The molecule has 3 aromatic rings. The second kappa shape index (κ2) is 9.96. The zero-order chi connectivity index (χ0) is 25.0. The maximum Gasteiger partial charge on any atom is 0.405 e. The maximum atomic E-state index is 12.7. The molecule has 0 aliphatic heterocycles. The molecule has 2 aromatic carbocycles. The third-order valence-electron chi connectivity index (χ3n) is 5.34. The predicted molar refractivity (Wildman–Crippen MR) is 128 cm³/mol. The molecular weight excluding hydrogens is 436 g/mol. The van der Waals surface area contributed by atoms with Crippen LogP contribution in [0.2, 0.25) is 0 Å². The van der Waals surface area contributed by atoms with E-state index in [9.17, 15) is 9.59 Å². The van der Waals surface area contributed by atoms with Crippen molar-refractivity contribution in [3.63, 3.8) is 0 Å². The Kier molecular flexibility index (Phi) is 7.26. The molecule has 0 aliphatic carbocycles. The van der Waals surface area contributed by atoms with Crippen molar-refractivity contribution in [2.75, 3.05) is 21.3 Å². The molecular formula is C25H30N4O5. The van der Waals surface area contributed by atoms with E-state index in [1.165, 1.54) is 14.2 Å². The van der Waals surface area contributed by atoms with Crippen LogP contribution in [0.1, 0.15) is 42.9 Å². The van der Waals surface area contributed by atoms with Crippen LogP contribution in [0.4, 0.5) is 4.79 Å². The van der Waals surface area contributed by atoms with E-state index >= 15 is 0 Å². The molecule has 0 fully saturated rings. The summed E-state index contributed by atoms with van der Waals surface area (Å²) in [6.45, 7) is 5.91. The van der Waals surface area contributed by atoms with Gasteiger partial charge in [-0.15, -0.1) is 0 Å². The van der Waals surface area contributed by atoms with Gasteiger partial charge in [0.15, 0.2) is 5.69 Å². The lowest BCUT2D eigenvalue weighted by atomic mass is 9.84. The third kappa shape index (κ3) is 5.37. The number of hydrogen-bond acceptors (Lipinski definition) is 6. The van der Waals surface area contributed by atoms with Crippen molar-refractivity contribution >= 4 is 12.0 Å². The Bertz CT molecular complexity index is 1150. The molecule has 9 heteroatoms. The summed E-state index contributed by atoms with van der Waals surface area (Å²) in [6, 6.07) is 16.6. The van der Waals surface area contributed by atoms with Crippen molar-refractivity contribution in [3.8, 4) is 22.7 Å². The van der Waals surface area contributed by atoms with Gasteiger partial charge in [0, 0.05) is 18.0 Å². The first-order chi connectivity index (χ1) is 16.0. The number of hydroxylamine groups is 2. The molecule has 180 valence electrons. The second-order valence-corrected chi connectivity index (χ2v) is 8.81. The van der Waals surface area contributed by atoms with Crippen LogP contribution in [-0.2, 0) is 9.57 Å². The molecule has 3 rings (SSSR count). The van der Waals surface area contributed by atoms with Gasteiger partial charge in [-0.25, -0.2) is 14.5 Å². The number of hydrogen-bond donors (Lipinski definition) is 1. The molecule has 2 amide bonds. The largest absolute Gasteiger partial charge is 0.497 e. The Morgan fingerprint density at radius 3 is 2.15 bits per heavy atom. The van der Waals surface area contributed by atoms with Crippen molar-refractivity contribution < 1.29 is 23.9 Å². The van der Waals surface area contributed by atoms with Crippen molar-refractivity contribution in [1.29, 1.82) is 0 Å². The van der Waals surface area contributed by atoms with Gasteiger partial charge >= 0.3 is 6.09 Å². The normalized spacial score (nSPS) is 12.2.